The fourth-order valence-corrected chi connectivity index (χ4v) is 2.70. The van der Waals surface area contributed by atoms with E-state index in [-0.39, 0.29) is 12.3 Å². The van der Waals surface area contributed by atoms with Crippen molar-refractivity contribution in [2.45, 2.75) is 45.1 Å². The molecule has 1 saturated heterocycles. The van der Waals surface area contributed by atoms with Crippen molar-refractivity contribution in [3.63, 3.8) is 0 Å². The van der Waals surface area contributed by atoms with Gasteiger partial charge in [-0.1, -0.05) is 11.2 Å². The second kappa shape index (κ2) is 6.19. The van der Waals surface area contributed by atoms with Gasteiger partial charge < -0.3 is 9.26 Å². The van der Waals surface area contributed by atoms with Gasteiger partial charge in [-0.15, -0.1) is 0 Å². The number of nitrogens with zero attached hydrogens (tertiary/aromatic N) is 1. The molecule has 3 rings (SSSR count). The standard InChI is InChI=1S/C17H19N3O5/c1-17(2,3)24-16(23)18-11-6-4-5-9-13(20-25-14(9)11)10-7-8-12(21)19-15(10)22/h4-6,10H,7-8H2,1-3H3,(H,18,23)(H,19,21,22). The predicted octanol–water partition coefficient (Wildman–Crippen LogP) is 2.70. The third kappa shape index (κ3) is 3.62. The molecular weight excluding hydrogens is 326 g/mol. The maximum absolute atomic E-state index is 12.1. The van der Waals surface area contributed by atoms with Crippen molar-refractivity contribution in [1.82, 2.24) is 10.5 Å². The molecule has 8 nitrogen and oxygen atoms in total. The van der Waals surface area contributed by atoms with Gasteiger partial charge in [-0.2, -0.15) is 0 Å². The lowest BCUT2D eigenvalue weighted by Crippen LogP contribution is -2.39. The van der Waals surface area contributed by atoms with Crippen LogP contribution >= 0.6 is 0 Å². The molecule has 0 bridgehead atoms. The van der Waals surface area contributed by atoms with Crippen molar-refractivity contribution >= 4 is 34.6 Å². The van der Waals surface area contributed by atoms with Crippen LogP contribution < -0.4 is 10.6 Å². The molecule has 0 saturated carbocycles. The van der Waals surface area contributed by atoms with Crippen molar-refractivity contribution < 1.29 is 23.6 Å². The molecule has 1 atom stereocenters. The number of nitrogens with one attached hydrogen (secondary N) is 2. The van der Waals surface area contributed by atoms with Gasteiger partial charge in [-0.25, -0.2) is 4.79 Å². The van der Waals surface area contributed by atoms with E-state index < -0.39 is 23.5 Å². The van der Waals surface area contributed by atoms with Crippen LogP contribution in [0.5, 0.6) is 0 Å². The number of para-hydroxylation sites is 1. The first-order valence-corrected chi connectivity index (χ1v) is 7.96. The van der Waals surface area contributed by atoms with E-state index in [0.717, 1.165) is 0 Å². The van der Waals surface area contributed by atoms with Crippen molar-refractivity contribution in [2.24, 2.45) is 0 Å². The molecule has 1 unspecified atom stereocenters. The summed E-state index contributed by atoms with van der Waals surface area (Å²) in [6.45, 7) is 5.30. The van der Waals surface area contributed by atoms with Gasteiger partial charge in [-0.3, -0.25) is 20.2 Å². The number of carbonyl (C=O) groups excluding carboxylic acids is 3. The molecule has 0 radical (unpaired) electrons. The van der Waals surface area contributed by atoms with E-state index >= 15 is 0 Å². The Balaban J connectivity index is 1.89. The zero-order chi connectivity index (χ0) is 18.2. The van der Waals surface area contributed by atoms with Crippen LogP contribution in [0.3, 0.4) is 0 Å². The number of hydrogen-bond acceptors (Lipinski definition) is 6. The SMILES string of the molecule is CC(C)(C)OC(=O)Nc1cccc2c(C3CCC(=O)NC3=O)noc12. The van der Waals surface area contributed by atoms with E-state index in [0.29, 0.717) is 28.8 Å². The molecule has 1 aliphatic heterocycles. The number of anilines is 1. The van der Waals surface area contributed by atoms with Gasteiger partial charge in [0.1, 0.15) is 11.3 Å². The van der Waals surface area contributed by atoms with Crippen molar-refractivity contribution in [3.8, 4) is 0 Å². The van der Waals surface area contributed by atoms with Crippen LogP contribution in [-0.4, -0.2) is 28.7 Å². The number of ether oxygens (including phenoxy) is 1. The average molecular weight is 345 g/mol. The van der Waals surface area contributed by atoms with Crippen LogP contribution in [0.25, 0.3) is 11.0 Å². The summed E-state index contributed by atoms with van der Waals surface area (Å²) in [5.41, 5.74) is 0.579. The molecule has 1 aromatic carbocycles. The third-order valence-electron chi connectivity index (χ3n) is 3.73. The Labute approximate surface area is 143 Å². The highest BCUT2D eigenvalue weighted by molar-refractivity contribution is 6.04. The Morgan fingerprint density at radius 2 is 2.12 bits per heavy atom. The first-order valence-electron chi connectivity index (χ1n) is 7.96. The third-order valence-corrected chi connectivity index (χ3v) is 3.73. The van der Waals surface area contributed by atoms with Crippen molar-refractivity contribution in [2.75, 3.05) is 5.32 Å². The van der Waals surface area contributed by atoms with Gasteiger partial charge >= 0.3 is 6.09 Å². The van der Waals surface area contributed by atoms with Crippen LogP contribution in [0.15, 0.2) is 22.7 Å². The van der Waals surface area contributed by atoms with Crippen LogP contribution in [0.2, 0.25) is 0 Å². The number of hydrogen-bond donors (Lipinski definition) is 2. The van der Waals surface area contributed by atoms with E-state index in [1.54, 1.807) is 39.0 Å². The topological polar surface area (TPSA) is 111 Å². The Morgan fingerprint density at radius 1 is 1.36 bits per heavy atom. The molecule has 1 aromatic heterocycles. The number of fused-ring (bicyclic) bond motifs is 1. The number of rotatable bonds is 2. The van der Waals surface area contributed by atoms with E-state index in [2.05, 4.69) is 15.8 Å². The molecule has 8 heteroatoms. The Kier molecular flexibility index (Phi) is 4.20. The Bertz CT molecular complexity index is 850. The smallest absolute Gasteiger partial charge is 0.412 e. The number of amides is 3. The molecule has 3 amide bonds. The molecular formula is C17H19N3O5. The molecule has 2 N–H and O–H groups in total. The number of aromatic nitrogens is 1. The average Bonchev–Trinajstić information content (AvgIpc) is 2.90. The van der Waals surface area contributed by atoms with E-state index in [1.165, 1.54) is 0 Å². The summed E-state index contributed by atoms with van der Waals surface area (Å²) in [5, 5.41) is 9.54. The minimum absolute atomic E-state index is 0.251. The molecule has 1 fully saturated rings. The summed E-state index contributed by atoms with van der Waals surface area (Å²) < 4.78 is 10.6. The Hall–Kier alpha value is -2.90. The van der Waals surface area contributed by atoms with E-state index in [9.17, 15) is 14.4 Å². The monoisotopic (exact) mass is 345 g/mol. The van der Waals surface area contributed by atoms with Gasteiger partial charge in [0.2, 0.25) is 11.8 Å². The van der Waals surface area contributed by atoms with Crippen molar-refractivity contribution in [1.29, 1.82) is 0 Å². The van der Waals surface area contributed by atoms with Gasteiger partial charge in [0.15, 0.2) is 5.58 Å². The second-order valence-electron chi connectivity index (χ2n) is 6.88. The van der Waals surface area contributed by atoms with Gasteiger partial charge in [-0.05, 0) is 39.3 Å². The van der Waals surface area contributed by atoms with E-state index in [1.807, 2.05) is 0 Å². The second-order valence-corrected chi connectivity index (χ2v) is 6.88. The minimum atomic E-state index is -0.628. The van der Waals surface area contributed by atoms with Crippen LogP contribution in [0.4, 0.5) is 10.5 Å². The molecule has 0 aliphatic carbocycles. The maximum atomic E-state index is 12.1. The summed E-state index contributed by atoms with van der Waals surface area (Å²) in [4.78, 5) is 35.3. The highest BCUT2D eigenvalue weighted by atomic mass is 16.6. The zero-order valence-electron chi connectivity index (χ0n) is 14.2. The Morgan fingerprint density at radius 3 is 2.80 bits per heavy atom. The lowest BCUT2D eigenvalue weighted by molar-refractivity contribution is -0.134. The first-order chi connectivity index (χ1) is 11.7. The highest BCUT2D eigenvalue weighted by Gasteiger charge is 2.32. The number of piperidine rings is 1. The van der Waals surface area contributed by atoms with E-state index in [4.69, 9.17) is 9.26 Å². The number of benzene rings is 1. The van der Waals surface area contributed by atoms with Gasteiger partial charge in [0.05, 0.1) is 11.6 Å². The van der Waals surface area contributed by atoms with Crippen LogP contribution in [-0.2, 0) is 14.3 Å². The first kappa shape index (κ1) is 16.9. The fraction of sp³-hybridized carbons (Fsp3) is 0.412. The summed E-state index contributed by atoms with van der Waals surface area (Å²) in [7, 11) is 0. The predicted molar refractivity (Wildman–Crippen MR) is 89.0 cm³/mol. The molecule has 2 heterocycles. The molecule has 132 valence electrons. The number of carbonyl (C=O) groups is 3. The largest absolute Gasteiger partial charge is 0.444 e. The van der Waals surface area contributed by atoms with Crippen LogP contribution in [0.1, 0.15) is 45.2 Å². The quantitative estimate of drug-likeness (QED) is 0.810. The van der Waals surface area contributed by atoms with Gasteiger partial charge in [0, 0.05) is 11.8 Å². The molecule has 1 aliphatic rings. The summed E-state index contributed by atoms with van der Waals surface area (Å²) in [6, 6.07) is 5.14. The number of imide groups is 1. The van der Waals surface area contributed by atoms with Crippen molar-refractivity contribution in [3.05, 3.63) is 23.9 Å². The summed E-state index contributed by atoms with van der Waals surface area (Å²) in [6.07, 6.45) is 0.00958. The van der Waals surface area contributed by atoms with Gasteiger partial charge in [0.25, 0.3) is 0 Å². The summed E-state index contributed by atoms with van der Waals surface area (Å²) in [5.74, 6) is -1.24. The lowest BCUT2D eigenvalue weighted by Gasteiger charge is -2.19. The normalized spacial score (nSPS) is 18.1. The maximum Gasteiger partial charge on any atom is 0.412 e. The fourth-order valence-electron chi connectivity index (χ4n) is 2.70. The minimum Gasteiger partial charge on any atom is -0.444 e. The lowest BCUT2D eigenvalue weighted by atomic mass is 9.93. The molecule has 25 heavy (non-hydrogen) atoms. The molecule has 0 spiro atoms. The highest BCUT2D eigenvalue weighted by Crippen LogP contribution is 2.33. The molecule has 2 aromatic rings. The zero-order valence-corrected chi connectivity index (χ0v) is 14.2. The summed E-state index contributed by atoms with van der Waals surface area (Å²) >= 11 is 0. The van der Waals surface area contributed by atoms with Crippen LogP contribution in [0, 0.1) is 0 Å².